The topological polar surface area (TPSA) is 77.8 Å². The summed E-state index contributed by atoms with van der Waals surface area (Å²) in [5, 5.41) is 3.47. The molecule has 0 radical (unpaired) electrons. The van der Waals surface area contributed by atoms with Crippen LogP contribution in [0.15, 0.2) is 59.0 Å². The van der Waals surface area contributed by atoms with Crippen LogP contribution in [-0.2, 0) is 9.53 Å². The van der Waals surface area contributed by atoms with Gasteiger partial charge in [-0.2, -0.15) is 0 Å². The summed E-state index contributed by atoms with van der Waals surface area (Å²) >= 11 is 0. The SMILES string of the molecule is COc1ccccc1NC(=O)[C@H](C)OC(=O)c1cc2ccccc2o1. The fourth-order valence-corrected chi connectivity index (χ4v) is 2.34. The van der Waals surface area contributed by atoms with Crippen molar-refractivity contribution in [3.8, 4) is 5.75 Å². The number of rotatable bonds is 5. The number of benzene rings is 2. The number of methoxy groups -OCH3 is 1. The molecule has 3 rings (SSSR count). The van der Waals surface area contributed by atoms with Gasteiger partial charge in [0.25, 0.3) is 5.91 Å². The molecule has 2 aromatic carbocycles. The highest BCUT2D eigenvalue weighted by molar-refractivity contribution is 5.98. The summed E-state index contributed by atoms with van der Waals surface area (Å²) < 4.78 is 15.8. The van der Waals surface area contributed by atoms with Crippen LogP contribution in [0.25, 0.3) is 11.0 Å². The predicted molar refractivity (Wildman–Crippen MR) is 92.7 cm³/mol. The van der Waals surface area contributed by atoms with Gasteiger partial charge in [0, 0.05) is 5.39 Å². The van der Waals surface area contributed by atoms with E-state index in [4.69, 9.17) is 13.9 Å². The van der Waals surface area contributed by atoms with Crippen molar-refractivity contribution in [1.82, 2.24) is 0 Å². The second-order valence-electron chi connectivity index (χ2n) is 5.39. The molecule has 1 heterocycles. The Balaban J connectivity index is 1.67. The monoisotopic (exact) mass is 339 g/mol. The van der Waals surface area contributed by atoms with Gasteiger partial charge in [-0.1, -0.05) is 30.3 Å². The molecule has 6 nitrogen and oxygen atoms in total. The van der Waals surface area contributed by atoms with Gasteiger partial charge in [-0.05, 0) is 31.2 Å². The van der Waals surface area contributed by atoms with E-state index in [9.17, 15) is 9.59 Å². The molecule has 1 amide bonds. The van der Waals surface area contributed by atoms with Crippen LogP contribution in [-0.4, -0.2) is 25.1 Å². The number of para-hydroxylation sites is 3. The van der Waals surface area contributed by atoms with E-state index in [0.29, 0.717) is 17.0 Å². The van der Waals surface area contributed by atoms with E-state index in [1.165, 1.54) is 14.0 Å². The van der Waals surface area contributed by atoms with E-state index in [0.717, 1.165) is 5.39 Å². The lowest BCUT2D eigenvalue weighted by Crippen LogP contribution is -2.30. The standard InChI is InChI=1S/C19H17NO5/c1-12(18(21)20-14-8-4-6-10-16(14)23-2)24-19(22)17-11-13-7-3-5-9-15(13)25-17/h3-12H,1-2H3,(H,20,21)/t12-/m0/s1. The molecule has 1 aromatic heterocycles. The van der Waals surface area contributed by atoms with Crippen LogP contribution in [0, 0.1) is 0 Å². The third-order valence-electron chi connectivity index (χ3n) is 3.64. The maximum Gasteiger partial charge on any atom is 0.375 e. The molecule has 0 saturated carbocycles. The Morgan fingerprint density at radius 3 is 2.56 bits per heavy atom. The minimum absolute atomic E-state index is 0.0538. The van der Waals surface area contributed by atoms with Gasteiger partial charge in [0.15, 0.2) is 6.10 Å². The van der Waals surface area contributed by atoms with Crippen molar-refractivity contribution in [3.63, 3.8) is 0 Å². The molecule has 0 fully saturated rings. The van der Waals surface area contributed by atoms with Crippen molar-refractivity contribution in [2.24, 2.45) is 0 Å². The first-order valence-electron chi connectivity index (χ1n) is 7.72. The number of carbonyl (C=O) groups is 2. The van der Waals surface area contributed by atoms with E-state index in [1.54, 1.807) is 36.4 Å². The smallest absolute Gasteiger partial charge is 0.375 e. The van der Waals surface area contributed by atoms with Crippen molar-refractivity contribution in [2.45, 2.75) is 13.0 Å². The number of hydrogen-bond donors (Lipinski definition) is 1. The summed E-state index contributed by atoms with van der Waals surface area (Å²) in [5.74, 6) is -0.586. The molecule has 0 aliphatic rings. The zero-order valence-electron chi connectivity index (χ0n) is 13.8. The fourth-order valence-electron chi connectivity index (χ4n) is 2.34. The number of esters is 1. The lowest BCUT2D eigenvalue weighted by atomic mass is 10.2. The third-order valence-corrected chi connectivity index (χ3v) is 3.64. The molecule has 25 heavy (non-hydrogen) atoms. The van der Waals surface area contributed by atoms with Crippen LogP contribution in [0.1, 0.15) is 17.5 Å². The van der Waals surface area contributed by atoms with Crippen LogP contribution in [0.3, 0.4) is 0 Å². The van der Waals surface area contributed by atoms with Crippen molar-refractivity contribution in [1.29, 1.82) is 0 Å². The first kappa shape index (κ1) is 16.6. The van der Waals surface area contributed by atoms with E-state index >= 15 is 0 Å². The lowest BCUT2D eigenvalue weighted by Gasteiger charge is -2.14. The van der Waals surface area contributed by atoms with Crippen molar-refractivity contribution in [3.05, 3.63) is 60.4 Å². The highest BCUT2D eigenvalue weighted by Gasteiger charge is 2.22. The zero-order chi connectivity index (χ0) is 17.8. The molecule has 1 N–H and O–H groups in total. The first-order valence-corrected chi connectivity index (χ1v) is 7.72. The molecule has 0 bridgehead atoms. The number of ether oxygens (including phenoxy) is 2. The van der Waals surface area contributed by atoms with Crippen LogP contribution >= 0.6 is 0 Å². The minimum atomic E-state index is -0.995. The third kappa shape index (κ3) is 3.63. The van der Waals surface area contributed by atoms with Gasteiger partial charge in [0.2, 0.25) is 5.76 Å². The Labute approximate surface area is 144 Å². The minimum Gasteiger partial charge on any atom is -0.495 e. The largest absolute Gasteiger partial charge is 0.495 e. The number of carbonyl (C=O) groups excluding carboxylic acids is 2. The number of anilines is 1. The summed E-state index contributed by atoms with van der Waals surface area (Å²) in [7, 11) is 1.51. The Hall–Kier alpha value is -3.28. The lowest BCUT2D eigenvalue weighted by molar-refractivity contribution is -0.123. The van der Waals surface area contributed by atoms with Crippen molar-refractivity contribution < 1.29 is 23.5 Å². The normalized spacial score (nSPS) is 11.8. The van der Waals surface area contributed by atoms with Crippen molar-refractivity contribution >= 4 is 28.5 Å². The Bertz CT molecular complexity index is 882. The quantitative estimate of drug-likeness (QED) is 0.718. The van der Waals surface area contributed by atoms with Gasteiger partial charge in [-0.15, -0.1) is 0 Å². The molecule has 128 valence electrons. The van der Waals surface area contributed by atoms with E-state index in [1.807, 2.05) is 18.2 Å². The molecule has 6 heteroatoms. The summed E-state index contributed by atoms with van der Waals surface area (Å²) in [6.07, 6.45) is -0.995. The van der Waals surface area contributed by atoms with Gasteiger partial charge >= 0.3 is 5.97 Å². The maximum absolute atomic E-state index is 12.2. The predicted octanol–water partition coefficient (Wildman–Crippen LogP) is 3.63. The summed E-state index contributed by atoms with van der Waals surface area (Å²) in [6, 6.07) is 15.8. The molecule has 0 aliphatic heterocycles. The molecule has 3 aromatic rings. The second-order valence-corrected chi connectivity index (χ2v) is 5.39. The molecule has 0 unspecified atom stereocenters. The summed E-state index contributed by atoms with van der Waals surface area (Å²) in [5.41, 5.74) is 1.09. The van der Waals surface area contributed by atoms with Crippen LogP contribution in [0.4, 0.5) is 5.69 Å². The number of furan rings is 1. The number of fused-ring (bicyclic) bond motifs is 1. The molecule has 0 spiro atoms. The molecular weight excluding hydrogens is 322 g/mol. The van der Waals surface area contributed by atoms with Gasteiger partial charge < -0.3 is 19.2 Å². The highest BCUT2D eigenvalue weighted by Crippen LogP contribution is 2.24. The summed E-state index contributed by atoms with van der Waals surface area (Å²) in [6.45, 7) is 1.49. The summed E-state index contributed by atoms with van der Waals surface area (Å²) in [4.78, 5) is 24.4. The Kier molecular flexibility index (Phi) is 4.70. The maximum atomic E-state index is 12.2. The van der Waals surface area contributed by atoms with Crippen LogP contribution < -0.4 is 10.1 Å². The van der Waals surface area contributed by atoms with Gasteiger partial charge in [0.05, 0.1) is 12.8 Å². The average Bonchev–Trinajstić information content (AvgIpc) is 3.06. The van der Waals surface area contributed by atoms with Crippen molar-refractivity contribution in [2.75, 3.05) is 12.4 Å². The average molecular weight is 339 g/mol. The van der Waals surface area contributed by atoms with Crippen LogP contribution in [0.2, 0.25) is 0 Å². The van der Waals surface area contributed by atoms with Gasteiger partial charge in [-0.3, -0.25) is 4.79 Å². The Morgan fingerprint density at radius 2 is 1.80 bits per heavy atom. The second kappa shape index (κ2) is 7.09. The van der Waals surface area contributed by atoms with E-state index < -0.39 is 18.0 Å². The highest BCUT2D eigenvalue weighted by atomic mass is 16.6. The first-order chi connectivity index (χ1) is 12.1. The molecule has 0 saturated heterocycles. The zero-order valence-corrected chi connectivity index (χ0v) is 13.8. The molecule has 0 aliphatic carbocycles. The van der Waals surface area contributed by atoms with E-state index in [2.05, 4.69) is 5.32 Å². The van der Waals surface area contributed by atoms with Gasteiger partial charge in [-0.25, -0.2) is 4.79 Å². The Morgan fingerprint density at radius 1 is 1.08 bits per heavy atom. The molecule has 1 atom stereocenters. The number of amides is 1. The number of nitrogens with one attached hydrogen (secondary N) is 1. The molecular formula is C19H17NO5. The van der Waals surface area contributed by atoms with E-state index in [-0.39, 0.29) is 5.76 Å². The number of hydrogen-bond acceptors (Lipinski definition) is 5. The van der Waals surface area contributed by atoms with Gasteiger partial charge in [0.1, 0.15) is 11.3 Å². The van der Waals surface area contributed by atoms with Crippen LogP contribution in [0.5, 0.6) is 5.75 Å². The fraction of sp³-hybridized carbons (Fsp3) is 0.158.